The van der Waals surface area contributed by atoms with E-state index in [9.17, 15) is 9.59 Å². The van der Waals surface area contributed by atoms with Gasteiger partial charge in [0.15, 0.2) is 0 Å². The van der Waals surface area contributed by atoms with Gasteiger partial charge in [-0.1, -0.05) is 25.0 Å². The molecule has 0 bridgehead atoms. The standard InChI is InChI=1S/C29H38N8O2/c1-20(21-12-14-22(15-13-21)37-25(38)23-10-4-5-11-24(23)26(37)39)33-34-27-30-28(35-16-6-2-7-17-35)32-29(31-27)36-18-8-3-9-19-36/h12-15,23-24H,2-11,16-19H2,1H3,(H,30,31,32,34)/b33-20+. The number of hydrogen-bond donors (Lipinski definition) is 1. The summed E-state index contributed by atoms with van der Waals surface area (Å²) in [5.74, 6) is 1.47. The van der Waals surface area contributed by atoms with E-state index in [4.69, 9.17) is 15.0 Å². The Bertz CT molecular complexity index is 1170. The van der Waals surface area contributed by atoms with Crippen molar-refractivity contribution < 1.29 is 9.59 Å². The molecule has 1 N–H and O–H groups in total. The van der Waals surface area contributed by atoms with Crippen molar-refractivity contribution in [1.29, 1.82) is 0 Å². The normalized spacial score (nSPS) is 24.2. The number of carbonyl (C=O) groups is 2. The summed E-state index contributed by atoms with van der Waals surface area (Å²) in [5.41, 5.74) is 5.36. The molecule has 1 aromatic heterocycles. The largest absolute Gasteiger partial charge is 0.341 e. The fraction of sp³-hybridized carbons (Fsp3) is 0.586. The van der Waals surface area contributed by atoms with E-state index in [1.807, 2.05) is 31.2 Å². The second kappa shape index (κ2) is 11.3. The van der Waals surface area contributed by atoms with Crippen molar-refractivity contribution in [3.8, 4) is 0 Å². The molecule has 10 nitrogen and oxygen atoms in total. The summed E-state index contributed by atoms with van der Waals surface area (Å²) in [4.78, 5) is 46.1. The fourth-order valence-electron chi connectivity index (χ4n) is 6.34. The van der Waals surface area contributed by atoms with Gasteiger partial charge in [0.2, 0.25) is 29.7 Å². The van der Waals surface area contributed by atoms with E-state index >= 15 is 0 Å². The summed E-state index contributed by atoms with van der Waals surface area (Å²) < 4.78 is 0. The minimum Gasteiger partial charge on any atom is -0.341 e. The van der Waals surface area contributed by atoms with Crippen molar-refractivity contribution >= 4 is 41.1 Å². The van der Waals surface area contributed by atoms with E-state index in [1.165, 1.54) is 17.7 Å². The fourth-order valence-corrected chi connectivity index (χ4v) is 6.34. The Morgan fingerprint density at radius 2 is 1.26 bits per heavy atom. The number of amides is 2. The molecule has 2 amide bonds. The average molecular weight is 531 g/mol. The molecule has 1 aliphatic carbocycles. The van der Waals surface area contributed by atoms with Crippen LogP contribution in [0.2, 0.25) is 0 Å². The van der Waals surface area contributed by atoms with Gasteiger partial charge in [-0.25, -0.2) is 5.43 Å². The van der Waals surface area contributed by atoms with Gasteiger partial charge in [-0.2, -0.15) is 20.1 Å². The van der Waals surface area contributed by atoms with Gasteiger partial charge in [0, 0.05) is 26.2 Å². The number of imide groups is 1. The van der Waals surface area contributed by atoms with E-state index < -0.39 is 0 Å². The number of nitrogens with zero attached hydrogens (tertiary/aromatic N) is 7. The molecule has 0 spiro atoms. The number of anilines is 4. The van der Waals surface area contributed by atoms with Gasteiger partial charge in [-0.15, -0.1) is 0 Å². The summed E-state index contributed by atoms with van der Waals surface area (Å²) in [6.45, 7) is 5.76. The first-order valence-corrected chi connectivity index (χ1v) is 14.6. The molecule has 206 valence electrons. The number of aromatic nitrogens is 3. The number of piperidine rings is 2. The lowest BCUT2D eigenvalue weighted by molar-refractivity contribution is -0.122. The molecule has 1 aromatic carbocycles. The molecule has 3 aliphatic heterocycles. The van der Waals surface area contributed by atoms with Crippen LogP contribution in [0, 0.1) is 11.8 Å². The Labute approximate surface area is 229 Å². The molecule has 4 fully saturated rings. The highest BCUT2D eigenvalue weighted by Crippen LogP contribution is 2.40. The smallest absolute Gasteiger partial charge is 0.250 e. The zero-order chi connectivity index (χ0) is 26.8. The molecule has 2 unspecified atom stereocenters. The number of fused-ring (bicyclic) bond motifs is 1. The van der Waals surface area contributed by atoms with Crippen LogP contribution in [0.4, 0.5) is 23.5 Å². The number of nitrogens with one attached hydrogen (secondary N) is 1. The number of hydrogen-bond acceptors (Lipinski definition) is 9. The third-order valence-corrected chi connectivity index (χ3v) is 8.60. The monoisotopic (exact) mass is 530 g/mol. The van der Waals surface area contributed by atoms with E-state index in [-0.39, 0.29) is 23.7 Å². The van der Waals surface area contributed by atoms with Crippen LogP contribution >= 0.6 is 0 Å². The van der Waals surface area contributed by atoms with Crippen LogP contribution in [-0.4, -0.2) is 58.7 Å². The van der Waals surface area contributed by atoms with Crippen molar-refractivity contribution in [1.82, 2.24) is 15.0 Å². The topological polar surface area (TPSA) is 107 Å². The first kappa shape index (κ1) is 25.7. The summed E-state index contributed by atoms with van der Waals surface area (Å²) in [5, 5.41) is 4.58. The molecule has 2 atom stereocenters. The predicted molar refractivity (Wildman–Crippen MR) is 152 cm³/mol. The number of carbonyl (C=O) groups excluding carboxylic acids is 2. The zero-order valence-corrected chi connectivity index (χ0v) is 22.8. The maximum Gasteiger partial charge on any atom is 0.250 e. The summed E-state index contributed by atoms with van der Waals surface area (Å²) in [6.07, 6.45) is 10.8. The maximum atomic E-state index is 13.0. The minimum atomic E-state index is -0.150. The molecule has 2 aromatic rings. The zero-order valence-electron chi connectivity index (χ0n) is 22.8. The van der Waals surface area contributed by atoms with Gasteiger partial charge < -0.3 is 9.80 Å². The summed E-state index contributed by atoms with van der Waals surface area (Å²) >= 11 is 0. The second-order valence-electron chi connectivity index (χ2n) is 11.2. The Balaban J connectivity index is 1.19. The lowest BCUT2D eigenvalue weighted by Gasteiger charge is -2.30. The third kappa shape index (κ3) is 5.33. The maximum absolute atomic E-state index is 13.0. The SMILES string of the molecule is C/C(=N\Nc1nc(N2CCCCC2)nc(N2CCCCC2)n1)c1ccc(N2C(=O)C3CCCCC3C2=O)cc1. The van der Waals surface area contributed by atoms with Crippen LogP contribution < -0.4 is 20.1 Å². The number of rotatable bonds is 6. The van der Waals surface area contributed by atoms with Crippen LogP contribution in [0.25, 0.3) is 0 Å². The Morgan fingerprint density at radius 3 is 1.77 bits per heavy atom. The van der Waals surface area contributed by atoms with Crippen LogP contribution in [0.5, 0.6) is 0 Å². The number of hydrazone groups is 1. The Kier molecular flexibility index (Phi) is 7.43. The predicted octanol–water partition coefficient (Wildman–Crippen LogP) is 4.37. The van der Waals surface area contributed by atoms with Crippen molar-refractivity contribution in [2.75, 3.05) is 46.3 Å². The highest BCUT2D eigenvalue weighted by molar-refractivity contribution is 6.22. The molecule has 0 radical (unpaired) electrons. The Morgan fingerprint density at radius 1 is 0.744 bits per heavy atom. The first-order chi connectivity index (χ1) is 19.1. The molecule has 6 rings (SSSR count). The van der Waals surface area contributed by atoms with Crippen LogP contribution in [0.1, 0.15) is 76.7 Å². The minimum absolute atomic E-state index is 0.0478. The van der Waals surface area contributed by atoms with Crippen LogP contribution in [0.15, 0.2) is 29.4 Å². The van der Waals surface area contributed by atoms with E-state index in [2.05, 4.69) is 20.3 Å². The molecular formula is C29H38N8O2. The lowest BCUT2D eigenvalue weighted by atomic mass is 9.81. The molecule has 3 saturated heterocycles. The van der Waals surface area contributed by atoms with Crippen molar-refractivity contribution in [3.63, 3.8) is 0 Å². The van der Waals surface area contributed by atoms with Crippen LogP contribution in [0.3, 0.4) is 0 Å². The van der Waals surface area contributed by atoms with E-state index in [1.54, 1.807) is 0 Å². The molecule has 4 aliphatic rings. The van der Waals surface area contributed by atoms with Gasteiger partial charge in [-0.3, -0.25) is 14.5 Å². The van der Waals surface area contributed by atoms with Crippen molar-refractivity contribution in [3.05, 3.63) is 29.8 Å². The molecule has 39 heavy (non-hydrogen) atoms. The average Bonchev–Trinajstić information content (AvgIpc) is 3.26. The Hall–Kier alpha value is -3.56. The lowest BCUT2D eigenvalue weighted by Crippen LogP contribution is -2.34. The first-order valence-electron chi connectivity index (χ1n) is 14.6. The highest BCUT2D eigenvalue weighted by atomic mass is 16.2. The second-order valence-corrected chi connectivity index (χ2v) is 11.2. The van der Waals surface area contributed by atoms with Crippen molar-refractivity contribution in [2.24, 2.45) is 16.9 Å². The van der Waals surface area contributed by atoms with Gasteiger partial charge in [0.25, 0.3) is 0 Å². The summed E-state index contributed by atoms with van der Waals surface area (Å²) in [6, 6.07) is 7.49. The highest BCUT2D eigenvalue weighted by Gasteiger charge is 2.48. The van der Waals surface area contributed by atoms with Gasteiger partial charge in [-0.05, 0) is 76.0 Å². The van der Waals surface area contributed by atoms with E-state index in [0.29, 0.717) is 23.5 Å². The third-order valence-electron chi connectivity index (χ3n) is 8.60. The van der Waals surface area contributed by atoms with Gasteiger partial charge >= 0.3 is 0 Å². The quantitative estimate of drug-likeness (QED) is 0.333. The van der Waals surface area contributed by atoms with E-state index in [0.717, 1.165) is 88.8 Å². The van der Waals surface area contributed by atoms with Gasteiger partial charge in [0.1, 0.15) is 0 Å². The molecule has 10 heteroatoms. The summed E-state index contributed by atoms with van der Waals surface area (Å²) in [7, 11) is 0. The van der Waals surface area contributed by atoms with Crippen molar-refractivity contribution in [2.45, 2.75) is 71.1 Å². The van der Waals surface area contributed by atoms with Crippen LogP contribution in [-0.2, 0) is 9.59 Å². The number of benzene rings is 1. The molecular weight excluding hydrogens is 492 g/mol. The molecule has 4 heterocycles. The molecule has 1 saturated carbocycles. The van der Waals surface area contributed by atoms with Gasteiger partial charge in [0.05, 0.1) is 23.2 Å².